The molecule has 1 aromatic carbocycles. The number of benzene rings is 1. The number of piperidine rings is 1. The Labute approximate surface area is 148 Å². The smallest absolute Gasteiger partial charge is 0.315 e. The van der Waals surface area contributed by atoms with Gasteiger partial charge in [0.05, 0.1) is 0 Å². The van der Waals surface area contributed by atoms with E-state index in [1.54, 1.807) is 12.1 Å². The van der Waals surface area contributed by atoms with E-state index in [1.165, 1.54) is 12.1 Å². The third kappa shape index (κ3) is 5.94. The summed E-state index contributed by atoms with van der Waals surface area (Å²) in [6.07, 6.45) is 2.07. The predicted octanol–water partition coefficient (Wildman–Crippen LogP) is 0.961. The second-order valence-electron chi connectivity index (χ2n) is 6.85. The summed E-state index contributed by atoms with van der Waals surface area (Å²) >= 11 is 0. The van der Waals surface area contributed by atoms with Crippen LogP contribution in [-0.2, 0) is 11.2 Å². The Balaban J connectivity index is 1.84. The zero-order valence-electron chi connectivity index (χ0n) is 14.9. The number of phenols is 1. The van der Waals surface area contributed by atoms with Crippen LogP contribution in [0, 0.1) is 0 Å². The minimum absolute atomic E-state index is 0.109. The molecule has 3 amide bonds. The highest BCUT2D eigenvalue weighted by atomic mass is 16.3. The third-order valence-electron chi connectivity index (χ3n) is 4.62. The topological polar surface area (TPSA) is 108 Å². The van der Waals surface area contributed by atoms with Gasteiger partial charge in [-0.1, -0.05) is 12.1 Å². The van der Waals surface area contributed by atoms with E-state index in [0.29, 0.717) is 6.04 Å². The van der Waals surface area contributed by atoms with Gasteiger partial charge in [-0.3, -0.25) is 4.79 Å². The van der Waals surface area contributed by atoms with Gasteiger partial charge in [-0.25, -0.2) is 4.79 Å². The van der Waals surface area contributed by atoms with E-state index in [9.17, 15) is 14.7 Å². The van der Waals surface area contributed by atoms with E-state index in [2.05, 4.69) is 29.4 Å². The van der Waals surface area contributed by atoms with E-state index in [0.717, 1.165) is 31.5 Å². The maximum atomic E-state index is 12.2. The summed E-state index contributed by atoms with van der Waals surface area (Å²) in [7, 11) is 0. The molecule has 1 atom stereocenters. The van der Waals surface area contributed by atoms with E-state index >= 15 is 0 Å². The molecule has 138 valence electrons. The van der Waals surface area contributed by atoms with Gasteiger partial charge in [0.2, 0.25) is 5.91 Å². The van der Waals surface area contributed by atoms with Crippen molar-refractivity contribution in [3.8, 4) is 5.75 Å². The number of nitrogens with one attached hydrogen (secondary N) is 2. The highest BCUT2D eigenvalue weighted by molar-refractivity contribution is 5.86. The zero-order valence-corrected chi connectivity index (χ0v) is 14.9. The highest BCUT2D eigenvalue weighted by Crippen LogP contribution is 2.13. The van der Waals surface area contributed by atoms with E-state index in [-0.39, 0.29) is 24.2 Å². The number of carbonyl (C=O) groups excluding carboxylic acids is 2. The van der Waals surface area contributed by atoms with Crippen LogP contribution in [0.3, 0.4) is 0 Å². The van der Waals surface area contributed by atoms with Crippen LogP contribution in [0.5, 0.6) is 5.75 Å². The molecule has 0 aromatic heterocycles. The van der Waals surface area contributed by atoms with Crippen molar-refractivity contribution in [2.24, 2.45) is 5.73 Å². The van der Waals surface area contributed by atoms with Gasteiger partial charge >= 0.3 is 6.03 Å². The number of hydrogen-bond donors (Lipinski definition) is 4. The largest absolute Gasteiger partial charge is 0.508 e. The molecule has 0 saturated carbocycles. The van der Waals surface area contributed by atoms with Crippen LogP contribution in [0.15, 0.2) is 24.3 Å². The Hall–Kier alpha value is -2.28. The van der Waals surface area contributed by atoms with Crippen molar-refractivity contribution in [3.05, 3.63) is 29.8 Å². The monoisotopic (exact) mass is 348 g/mol. The number of nitrogens with zero attached hydrogens (tertiary/aromatic N) is 1. The molecule has 1 aromatic rings. The second kappa shape index (κ2) is 8.71. The minimum atomic E-state index is -0.791. The summed E-state index contributed by atoms with van der Waals surface area (Å²) in [5.41, 5.74) is 6.22. The van der Waals surface area contributed by atoms with Crippen molar-refractivity contribution in [1.29, 1.82) is 0 Å². The fraction of sp³-hybridized carbons (Fsp3) is 0.556. The fourth-order valence-corrected chi connectivity index (χ4v) is 3.04. The maximum absolute atomic E-state index is 12.2. The second-order valence-corrected chi connectivity index (χ2v) is 6.85. The molecule has 7 nitrogen and oxygen atoms in total. The van der Waals surface area contributed by atoms with Crippen LogP contribution in [-0.4, -0.2) is 53.2 Å². The Bertz CT molecular complexity index is 580. The number of phenolic OH excluding ortho intramolecular Hbond substituents is 1. The lowest BCUT2D eigenvalue weighted by atomic mass is 10.0. The molecular formula is C18H28N4O3. The fourth-order valence-electron chi connectivity index (χ4n) is 3.04. The zero-order chi connectivity index (χ0) is 18.4. The standard InChI is InChI=1S/C18H28N4O3/c1-12(2)22-9-7-14(8-10-22)20-18(25)21-16(17(19)24)11-13-3-5-15(23)6-4-13/h3-6,12,14,16,23H,7-11H2,1-2H3,(H2,19,24)(H2,20,21,25)/t16-/m0/s1. The lowest BCUT2D eigenvalue weighted by molar-refractivity contribution is -0.119. The molecule has 1 aliphatic rings. The number of rotatable bonds is 6. The normalized spacial score (nSPS) is 17.2. The molecule has 25 heavy (non-hydrogen) atoms. The third-order valence-corrected chi connectivity index (χ3v) is 4.62. The van der Waals surface area contributed by atoms with Crippen molar-refractivity contribution >= 4 is 11.9 Å². The van der Waals surface area contributed by atoms with Crippen LogP contribution in [0.25, 0.3) is 0 Å². The molecule has 0 spiro atoms. The molecule has 1 fully saturated rings. The Morgan fingerprint density at radius 2 is 1.84 bits per heavy atom. The van der Waals surface area contributed by atoms with Gasteiger partial charge in [-0.05, 0) is 44.4 Å². The molecule has 0 unspecified atom stereocenters. The van der Waals surface area contributed by atoms with Crippen molar-refractivity contribution in [1.82, 2.24) is 15.5 Å². The number of amides is 3. The van der Waals surface area contributed by atoms with Crippen LogP contribution < -0.4 is 16.4 Å². The van der Waals surface area contributed by atoms with Crippen LogP contribution in [0.4, 0.5) is 4.79 Å². The van der Waals surface area contributed by atoms with Gasteiger partial charge in [-0.15, -0.1) is 0 Å². The molecule has 5 N–H and O–H groups in total. The number of urea groups is 1. The summed E-state index contributed by atoms with van der Waals surface area (Å²) in [5, 5.41) is 14.9. The average Bonchev–Trinajstić information content (AvgIpc) is 2.56. The lowest BCUT2D eigenvalue weighted by Gasteiger charge is -2.35. The van der Waals surface area contributed by atoms with Gasteiger partial charge in [0.1, 0.15) is 11.8 Å². The summed E-state index contributed by atoms with van der Waals surface area (Å²) in [5.74, 6) is -0.435. The molecule has 2 rings (SSSR count). The van der Waals surface area contributed by atoms with Crippen molar-refractivity contribution in [2.45, 2.75) is 51.2 Å². The van der Waals surface area contributed by atoms with Crippen molar-refractivity contribution in [3.63, 3.8) is 0 Å². The molecule has 0 bridgehead atoms. The number of hydrogen-bond acceptors (Lipinski definition) is 4. The first kappa shape index (κ1) is 19.1. The summed E-state index contributed by atoms with van der Waals surface area (Å²) in [6.45, 7) is 6.24. The molecule has 0 aliphatic carbocycles. The molecule has 1 heterocycles. The minimum Gasteiger partial charge on any atom is -0.508 e. The molecule has 1 aliphatic heterocycles. The van der Waals surface area contributed by atoms with Gasteiger partial charge in [-0.2, -0.15) is 0 Å². The number of carbonyl (C=O) groups is 2. The molecule has 0 radical (unpaired) electrons. The summed E-state index contributed by atoms with van der Waals surface area (Å²) in [4.78, 5) is 26.2. The first-order chi connectivity index (χ1) is 11.8. The number of likely N-dealkylation sites (tertiary alicyclic amines) is 1. The van der Waals surface area contributed by atoms with Gasteiger partial charge in [0.15, 0.2) is 0 Å². The SMILES string of the molecule is CC(C)N1CCC(NC(=O)N[C@@H](Cc2ccc(O)cc2)C(N)=O)CC1. The quantitative estimate of drug-likeness (QED) is 0.614. The summed E-state index contributed by atoms with van der Waals surface area (Å²) in [6, 6.07) is 5.94. The first-order valence-corrected chi connectivity index (χ1v) is 8.73. The highest BCUT2D eigenvalue weighted by Gasteiger charge is 2.24. The van der Waals surface area contributed by atoms with Crippen molar-refractivity contribution in [2.75, 3.05) is 13.1 Å². The molecule has 1 saturated heterocycles. The molecular weight excluding hydrogens is 320 g/mol. The maximum Gasteiger partial charge on any atom is 0.315 e. The van der Waals surface area contributed by atoms with Gasteiger partial charge < -0.3 is 26.4 Å². The average molecular weight is 348 g/mol. The van der Waals surface area contributed by atoms with Crippen LogP contribution >= 0.6 is 0 Å². The first-order valence-electron chi connectivity index (χ1n) is 8.73. The predicted molar refractivity (Wildman–Crippen MR) is 96.2 cm³/mol. The number of nitrogens with two attached hydrogens (primary N) is 1. The van der Waals surface area contributed by atoms with Crippen LogP contribution in [0.1, 0.15) is 32.3 Å². The Kier molecular flexibility index (Phi) is 6.64. The van der Waals surface area contributed by atoms with E-state index < -0.39 is 11.9 Å². The van der Waals surface area contributed by atoms with E-state index in [1.807, 2.05) is 0 Å². The lowest BCUT2D eigenvalue weighted by Crippen LogP contribution is -2.54. The molecule has 7 heteroatoms. The van der Waals surface area contributed by atoms with Gasteiger partial charge in [0, 0.05) is 31.6 Å². The Morgan fingerprint density at radius 3 is 2.36 bits per heavy atom. The van der Waals surface area contributed by atoms with E-state index in [4.69, 9.17) is 5.73 Å². The number of aromatic hydroxyl groups is 1. The Morgan fingerprint density at radius 1 is 1.24 bits per heavy atom. The van der Waals surface area contributed by atoms with Gasteiger partial charge in [0.25, 0.3) is 0 Å². The van der Waals surface area contributed by atoms with Crippen LogP contribution in [0.2, 0.25) is 0 Å². The summed E-state index contributed by atoms with van der Waals surface area (Å²) < 4.78 is 0. The number of primary amides is 1. The van der Waals surface area contributed by atoms with Crippen molar-refractivity contribution < 1.29 is 14.7 Å².